The molecule has 0 radical (unpaired) electrons. The molecule has 12 heteroatoms. The van der Waals surface area contributed by atoms with Crippen LogP contribution in [0, 0.1) is 12.7 Å². The number of phosphoric ester groups is 1. The Kier molecular flexibility index (Phi) is 11.4. The number of alkyl halides is 3. The molecule has 2 aromatic carbocycles. The Balaban J connectivity index is 1.71. The van der Waals surface area contributed by atoms with Crippen LogP contribution in [-0.2, 0) is 41.9 Å². The maximum absolute atomic E-state index is 14.0. The lowest BCUT2D eigenvalue weighted by molar-refractivity contribution is -0.139. The van der Waals surface area contributed by atoms with Gasteiger partial charge in [0.1, 0.15) is 23.7 Å². The molecule has 1 heterocycles. The fourth-order valence-corrected chi connectivity index (χ4v) is 6.51. The molecule has 0 amide bonds. The van der Waals surface area contributed by atoms with Gasteiger partial charge in [0, 0.05) is 6.92 Å². The summed E-state index contributed by atoms with van der Waals surface area (Å²) in [6, 6.07) is 8.75. The molecular weight excluding hydrogens is 601 g/mol. The molecule has 44 heavy (non-hydrogen) atoms. The Bertz CT molecular complexity index is 1350. The SMILES string of the molecule is CC1=NC(CCc2ccc(OCCCc3ccc(F)c(C)c3)c(C(F)(F)F)c2)(COP(=O)(OC(C)(C)C)OC(C)(C)C)CO1. The van der Waals surface area contributed by atoms with Gasteiger partial charge in [0.05, 0.1) is 30.0 Å². The van der Waals surface area contributed by atoms with E-state index >= 15 is 0 Å². The molecule has 0 fully saturated rings. The summed E-state index contributed by atoms with van der Waals surface area (Å²) >= 11 is 0. The maximum Gasteiger partial charge on any atom is 0.475 e. The molecule has 0 saturated heterocycles. The zero-order valence-corrected chi connectivity index (χ0v) is 27.7. The lowest BCUT2D eigenvalue weighted by atomic mass is 9.93. The van der Waals surface area contributed by atoms with Gasteiger partial charge >= 0.3 is 14.0 Å². The molecule has 246 valence electrons. The van der Waals surface area contributed by atoms with E-state index in [2.05, 4.69) is 4.99 Å². The van der Waals surface area contributed by atoms with Crippen molar-refractivity contribution in [2.75, 3.05) is 19.8 Å². The zero-order chi connectivity index (χ0) is 33.0. The molecular formula is C32H44F4NO6P. The summed E-state index contributed by atoms with van der Waals surface area (Å²) in [6.07, 6.45) is -3.16. The van der Waals surface area contributed by atoms with Crippen LogP contribution < -0.4 is 4.74 Å². The predicted molar refractivity (Wildman–Crippen MR) is 162 cm³/mol. The number of hydrogen-bond donors (Lipinski definition) is 0. The first-order valence-corrected chi connectivity index (χ1v) is 16.1. The van der Waals surface area contributed by atoms with Gasteiger partial charge in [0.15, 0.2) is 5.90 Å². The molecule has 0 aliphatic carbocycles. The molecule has 2 aromatic rings. The highest BCUT2D eigenvalue weighted by Gasteiger charge is 2.43. The van der Waals surface area contributed by atoms with E-state index in [-0.39, 0.29) is 44.2 Å². The monoisotopic (exact) mass is 645 g/mol. The highest BCUT2D eigenvalue weighted by atomic mass is 31.2. The van der Waals surface area contributed by atoms with E-state index in [9.17, 15) is 22.1 Å². The number of rotatable bonds is 13. The van der Waals surface area contributed by atoms with Gasteiger partial charge in [-0.1, -0.05) is 18.2 Å². The van der Waals surface area contributed by atoms with Gasteiger partial charge in [0.2, 0.25) is 0 Å². The van der Waals surface area contributed by atoms with Crippen molar-refractivity contribution in [3.05, 3.63) is 64.5 Å². The van der Waals surface area contributed by atoms with Crippen molar-refractivity contribution < 1.29 is 45.2 Å². The van der Waals surface area contributed by atoms with Gasteiger partial charge in [0.25, 0.3) is 0 Å². The molecule has 1 unspecified atom stereocenters. The number of hydrogen-bond acceptors (Lipinski definition) is 7. The van der Waals surface area contributed by atoms with Crippen LogP contribution in [0.4, 0.5) is 17.6 Å². The zero-order valence-electron chi connectivity index (χ0n) is 26.8. The summed E-state index contributed by atoms with van der Waals surface area (Å²) in [4.78, 5) is 4.57. The van der Waals surface area contributed by atoms with Gasteiger partial charge in [-0.25, -0.2) is 13.9 Å². The number of aliphatic imine (C=N–C) groups is 1. The van der Waals surface area contributed by atoms with Crippen LogP contribution in [0.2, 0.25) is 0 Å². The van der Waals surface area contributed by atoms with Crippen molar-refractivity contribution in [1.29, 1.82) is 0 Å². The van der Waals surface area contributed by atoms with E-state index in [0.717, 1.165) is 11.6 Å². The predicted octanol–water partition coefficient (Wildman–Crippen LogP) is 9.04. The number of nitrogens with zero attached hydrogens (tertiary/aromatic N) is 1. The second-order valence-corrected chi connectivity index (χ2v) is 14.7. The average Bonchev–Trinajstić information content (AvgIpc) is 3.25. The van der Waals surface area contributed by atoms with Crippen molar-refractivity contribution in [1.82, 2.24) is 0 Å². The van der Waals surface area contributed by atoms with E-state index in [4.69, 9.17) is 23.0 Å². The minimum atomic E-state index is -4.63. The van der Waals surface area contributed by atoms with Crippen LogP contribution in [-0.4, -0.2) is 42.5 Å². The first-order chi connectivity index (χ1) is 20.2. The first-order valence-electron chi connectivity index (χ1n) is 14.6. The highest BCUT2D eigenvalue weighted by molar-refractivity contribution is 7.48. The Morgan fingerprint density at radius 3 is 2.09 bits per heavy atom. The van der Waals surface area contributed by atoms with Gasteiger partial charge < -0.3 is 9.47 Å². The summed E-state index contributed by atoms with van der Waals surface area (Å²) in [5.74, 6) is -0.162. The van der Waals surface area contributed by atoms with Crippen LogP contribution in [0.15, 0.2) is 41.4 Å². The van der Waals surface area contributed by atoms with Crippen molar-refractivity contribution in [3.63, 3.8) is 0 Å². The average molecular weight is 646 g/mol. The summed E-state index contributed by atoms with van der Waals surface area (Å²) in [5.41, 5.74) is -1.73. The first kappa shape index (κ1) is 36.0. The van der Waals surface area contributed by atoms with Crippen LogP contribution in [0.5, 0.6) is 5.75 Å². The van der Waals surface area contributed by atoms with Crippen LogP contribution in [0.25, 0.3) is 0 Å². The molecule has 3 rings (SSSR count). The van der Waals surface area contributed by atoms with Gasteiger partial charge in [-0.3, -0.25) is 13.6 Å². The van der Waals surface area contributed by atoms with E-state index in [0.29, 0.717) is 29.9 Å². The third-order valence-electron chi connectivity index (χ3n) is 6.53. The van der Waals surface area contributed by atoms with Crippen molar-refractivity contribution in [2.45, 2.75) is 104 Å². The highest BCUT2D eigenvalue weighted by Crippen LogP contribution is 2.56. The third-order valence-corrected chi connectivity index (χ3v) is 8.51. The Labute approximate surface area is 257 Å². The second-order valence-electron chi connectivity index (χ2n) is 13.1. The van der Waals surface area contributed by atoms with Crippen LogP contribution in [0.1, 0.15) is 83.6 Å². The Morgan fingerprint density at radius 2 is 1.55 bits per heavy atom. The summed E-state index contributed by atoms with van der Waals surface area (Å²) in [6.45, 7) is 13.7. The van der Waals surface area contributed by atoms with E-state index < -0.39 is 36.3 Å². The molecule has 0 N–H and O–H groups in total. The van der Waals surface area contributed by atoms with E-state index in [1.54, 1.807) is 73.6 Å². The fraction of sp³-hybridized carbons (Fsp3) is 0.594. The lowest BCUT2D eigenvalue weighted by Gasteiger charge is -2.33. The minimum Gasteiger partial charge on any atom is -0.493 e. The molecule has 0 aromatic heterocycles. The standard InChI is InChI=1S/C32H44F4NO6P/c1-22-18-24(11-13-27(22)33)10-9-17-39-28-14-12-25(19-26(28)32(34,35)36)15-16-31(20-40-23(2)37-31)21-41-44(38,42-29(3,4)5)43-30(6,7)8/h11-14,18-19H,9-10,15-17,20-21H2,1-8H3. The van der Waals surface area contributed by atoms with Crippen LogP contribution in [0.3, 0.4) is 0 Å². The van der Waals surface area contributed by atoms with Gasteiger partial charge in [-0.2, -0.15) is 13.2 Å². The van der Waals surface area contributed by atoms with Gasteiger partial charge in [-0.15, -0.1) is 0 Å². The van der Waals surface area contributed by atoms with Crippen molar-refractivity contribution in [3.8, 4) is 5.75 Å². The smallest absolute Gasteiger partial charge is 0.475 e. The van der Waals surface area contributed by atoms with Crippen molar-refractivity contribution >= 4 is 13.7 Å². The minimum absolute atomic E-state index is 0.0674. The molecule has 0 saturated carbocycles. The summed E-state index contributed by atoms with van der Waals surface area (Å²) < 4.78 is 97.6. The van der Waals surface area contributed by atoms with Gasteiger partial charge in [-0.05, 0) is 109 Å². The quantitative estimate of drug-likeness (QED) is 0.123. The van der Waals surface area contributed by atoms with E-state index in [1.807, 2.05) is 0 Å². The van der Waals surface area contributed by atoms with Crippen LogP contribution >= 0.6 is 7.82 Å². The fourth-order valence-electron chi connectivity index (χ4n) is 4.63. The molecule has 0 spiro atoms. The Hall–Kier alpha value is -2.46. The number of ether oxygens (including phenoxy) is 2. The number of halogens is 4. The van der Waals surface area contributed by atoms with E-state index in [1.165, 1.54) is 12.1 Å². The molecule has 0 bridgehead atoms. The molecule has 1 aliphatic rings. The number of phosphoric acid groups is 1. The molecule has 7 nitrogen and oxygen atoms in total. The maximum atomic E-state index is 14.0. The largest absolute Gasteiger partial charge is 0.493 e. The number of aryl methyl sites for hydroxylation is 3. The summed E-state index contributed by atoms with van der Waals surface area (Å²) in [7, 11) is -4.05. The number of benzene rings is 2. The molecule has 1 aliphatic heterocycles. The normalized spacial score (nSPS) is 17.9. The topological polar surface area (TPSA) is 75.6 Å². The second kappa shape index (κ2) is 13.9. The molecule has 1 atom stereocenters. The van der Waals surface area contributed by atoms with Crippen molar-refractivity contribution in [2.24, 2.45) is 4.99 Å². The summed E-state index contributed by atoms with van der Waals surface area (Å²) in [5, 5.41) is 0. The Morgan fingerprint density at radius 1 is 0.932 bits per heavy atom. The lowest BCUT2D eigenvalue weighted by Crippen LogP contribution is -2.36. The third kappa shape index (κ3) is 11.2.